The molecule has 0 bridgehead atoms. The average molecular weight is 436 g/mol. The van der Waals surface area contributed by atoms with Crippen molar-refractivity contribution in [3.63, 3.8) is 0 Å². The van der Waals surface area contributed by atoms with Gasteiger partial charge in [-0.1, -0.05) is 6.07 Å². The normalized spacial score (nSPS) is 15.2. The number of benzene rings is 1. The first-order valence-corrected chi connectivity index (χ1v) is 11.1. The third-order valence-corrected chi connectivity index (χ3v) is 5.83. The summed E-state index contributed by atoms with van der Waals surface area (Å²) in [6.45, 7) is 6.49. The van der Waals surface area contributed by atoms with E-state index in [1.54, 1.807) is 25.4 Å². The Labute approximate surface area is 188 Å². The van der Waals surface area contributed by atoms with Crippen LogP contribution >= 0.6 is 0 Å². The van der Waals surface area contributed by atoms with E-state index in [1.807, 2.05) is 24.5 Å². The van der Waals surface area contributed by atoms with Crippen molar-refractivity contribution in [1.82, 2.24) is 19.9 Å². The number of halogens is 1. The van der Waals surface area contributed by atoms with Gasteiger partial charge in [-0.05, 0) is 64.0 Å². The van der Waals surface area contributed by atoms with Crippen LogP contribution in [-0.2, 0) is 6.54 Å². The molecule has 1 aliphatic heterocycles. The van der Waals surface area contributed by atoms with E-state index in [1.165, 1.54) is 6.07 Å². The molecule has 1 fully saturated rings. The zero-order chi connectivity index (χ0) is 22.5. The number of rotatable bonds is 7. The molecule has 3 aromatic rings. The topological polar surface area (TPSA) is 63.2 Å². The van der Waals surface area contributed by atoms with Crippen LogP contribution in [0.15, 0.2) is 48.9 Å². The summed E-state index contributed by atoms with van der Waals surface area (Å²) < 4.78 is 19.5. The van der Waals surface area contributed by atoms with Crippen LogP contribution in [0.3, 0.4) is 0 Å². The second-order valence-electron chi connectivity index (χ2n) is 8.54. The lowest BCUT2D eigenvalue weighted by Crippen LogP contribution is -2.33. The molecule has 168 valence electrons. The minimum absolute atomic E-state index is 0.188. The molecule has 4 rings (SSSR count). The first kappa shape index (κ1) is 22.1. The summed E-state index contributed by atoms with van der Waals surface area (Å²) in [5.74, 6) is 1.46. The van der Waals surface area contributed by atoms with Gasteiger partial charge in [-0.15, -0.1) is 0 Å². The molecule has 32 heavy (non-hydrogen) atoms. The Morgan fingerprint density at radius 2 is 2.00 bits per heavy atom. The van der Waals surface area contributed by atoms with Crippen LogP contribution in [0, 0.1) is 5.82 Å². The minimum atomic E-state index is -0.188. The Hall–Kier alpha value is -3.06. The Kier molecular flexibility index (Phi) is 6.95. The van der Waals surface area contributed by atoms with Crippen LogP contribution in [0.1, 0.15) is 43.9 Å². The maximum atomic E-state index is 14.3. The maximum absolute atomic E-state index is 14.3. The molecule has 0 aliphatic carbocycles. The number of pyridine rings is 1. The van der Waals surface area contributed by atoms with Gasteiger partial charge in [-0.25, -0.2) is 14.4 Å². The van der Waals surface area contributed by atoms with Crippen molar-refractivity contribution in [2.45, 2.75) is 45.2 Å². The Balaban J connectivity index is 1.52. The zero-order valence-corrected chi connectivity index (χ0v) is 18.9. The molecule has 0 atom stereocenters. The second-order valence-corrected chi connectivity index (χ2v) is 8.54. The van der Waals surface area contributed by atoms with Crippen LogP contribution in [0.5, 0.6) is 5.75 Å². The molecule has 1 N–H and O–H groups in total. The molecular weight excluding hydrogens is 405 g/mol. The Bertz CT molecular complexity index is 1040. The lowest BCUT2D eigenvalue weighted by Gasteiger charge is -2.32. The van der Waals surface area contributed by atoms with Gasteiger partial charge in [-0.2, -0.15) is 0 Å². The first-order valence-electron chi connectivity index (χ1n) is 11.1. The Morgan fingerprint density at radius 3 is 2.69 bits per heavy atom. The molecule has 1 aliphatic rings. The third-order valence-electron chi connectivity index (χ3n) is 5.83. The van der Waals surface area contributed by atoms with Crippen molar-refractivity contribution in [1.29, 1.82) is 0 Å². The van der Waals surface area contributed by atoms with Crippen LogP contribution in [-0.4, -0.2) is 46.1 Å². The largest absolute Gasteiger partial charge is 0.497 e. The van der Waals surface area contributed by atoms with Crippen LogP contribution in [0.25, 0.3) is 11.1 Å². The van der Waals surface area contributed by atoms with Gasteiger partial charge in [0.1, 0.15) is 11.6 Å². The summed E-state index contributed by atoms with van der Waals surface area (Å²) in [5.41, 5.74) is 3.79. The van der Waals surface area contributed by atoms with E-state index in [0.29, 0.717) is 29.7 Å². The summed E-state index contributed by atoms with van der Waals surface area (Å²) in [4.78, 5) is 16.0. The number of nitrogens with zero attached hydrogens (tertiary/aromatic N) is 4. The van der Waals surface area contributed by atoms with Crippen LogP contribution in [0.2, 0.25) is 0 Å². The molecule has 3 heterocycles. The number of piperidine rings is 1. The van der Waals surface area contributed by atoms with Crippen molar-refractivity contribution in [2.75, 3.05) is 25.5 Å². The quantitative estimate of drug-likeness (QED) is 0.570. The molecule has 6 nitrogen and oxygen atoms in total. The lowest BCUT2D eigenvalue weighted by atomic mass is 9.89. The van der Waals surface area contributed by atoms with E-state index >= 15 is 0 Å². The van der Waals surface area contributed by atoms with Crippen molar-refractivity contribution >= 4 is 5.95 Å². The van der Waals surface area contributed by atoms with E-state index in [9.17, 15) is 4.39 Å². The molecule has 0 saturated carbocycles. The predicted octanol–water partition coefficient (Wildman–Crippen LogP) is 4.89. The molecule has 7 heteroatoms. The first-order chi connectivity index (χ1) is 15.5. The number of nitrogens with one attached hydrogen (secondary N) is 1. The fourth-order valence-corrected chi connectivity index (χ4v) is 4.18. The molecule has 0 unspecified atom stereocenters. The van der Waals surface area contributed by atoms with Gasteiger partial charge in [-0.3, -0.25) is 9.88 Å². The van der Waals surface area contributed by atoms with Gasteiger partial charge < -0.3 is 10.1 Å². The number of hydrogen-bond acceptors (Lipinski definition) is 6. The number of likely N-dealkylation sites (tertiary alicyclic amines) is 1. The molecule has 1 aromatic carbocycles. The summed E-state index contributed by atoms with van der Waals surface area (Å²) in [7, 11) is 1.60. The van der Waals surface area contributed by atoms with E-state index in [-0.39, 0.29) is 11.9 Å². The average Bonchev–Trinajstić information content (AvgIpc) is 2.81. The van der Waals surface area contributed by atoms with Gasteiger partial charge in [0.15, 0.2) is 0 Å². The van der Waals surface area contributed by atoms with Gasteiger partial charge >= 0.3 is 0 Å². The highest BCUT2D eigenvalue weighted by Gasteiger charge is 2.26. The second kappa shape index (κ2) is 10.0. The number of aromatic nitrogens is 3. The Morgan fingerprint density at radius 1 is 1.19 bits per heavy atom. The fraction of sp³-hybridized carbons (Fsp3) is 0.400. The summed E-state index contributed by atoms with van der Waals surface area (Å²) in [5, 5.41) is 3.32. The lowest BCUT2D eigenvalue weighted by molar-refractivity contribution is 0.201. The maximum Gasteiger partial charge on any atom is 0.223 e. The van der Waals surface area contributed by atoms with Gasteiger partial charge in [0.25, 0.3) is 0 Å². The van der Waals surface area contributed by atoms with Crippen LogP contribution in [0.4, 0.5) is 10.3 Å². The standard InChI is InChI=1S/C25H30FN5O/c1-17(2)29-25-28-15-22(19-5-4-10-27-14-19)24(30-25)18-8-11-31(12-9-18)16-20-13-21(32-3)6-7-23(20)26/h4-7,10,13-15,17-18H,8-9,11-12,16H2,1-3H3,(H,28,29,30). The van der Waals surface area contributed by atoms with E-state index in [0.717, 1.165) is 42.8 Å². The van der Waals surface area contributed by atoms with Crippen LogP contribution < -0.4 is 10.1 Å². The van der Waals surface area contributed by atoms with E-state index < -0.39 is 0 Å². The molecule has 0 radical (unpaired) electrons. The van der Waals surface area contributed by atoms with Gasteiger partial charge in [0.05, 0.1) is 12.8 Å². The molecule has 0 spiro atoms. The highest BCUT2D eigenvalue weighted by atomic mass is 19.1. The van der Waals surface area contributed by atoms with Crippen molar-refractivity contribution in [3.05, 3.63) is 66.0 Å². The van der Waals surface area contributed by atoms with Crippen molar-refractivity contribution in [3.8, 4) is 16.9 Å². The molecular formula is C25H30FN5O. The summed E-state index contributed by atoms with van der Waals surface area (Å²) >= 11 is 0. The molecule has 0 amide bonds. The third kappa shape index (κ3) is 5.22. The van der Waals surface area contributed by atoms with E-state index in [2.05, 4.69) is 34.0 Å². The SMILES string of the molecule is COc1ccc(F)c(CN2CCC(c3nc(NC(C)C)ncc3-c3cccnc3)CC2)c1. The summed E-state index contributed by atoms with van der Waals surface area (Å²) in [6, 6.07) is 9.16. The number of methoxy groups -OCH3 is 1. The number of anilines is 1. The van der Waals surface area contributed by atoms with Gasteiger partial charge in [0.2, 0.25) is 5.95 Å². The highest BCUT2D eigenvalue weighted by molar-refractivity contribution is 5.65. The monoisotopic (exact) mass is 435 g/mol. The van der Waals surface area contributed by atoms with Crippen molar-refractivity contribution < 1.29 is 9.13 Å². The number of hydrogen-bond donors (Lipinski definition) is 1. The minimum Gasteiger partial charge on any atom is -0.497 e. The van der Waals surface area contributed by atoms with Gasteiger partial charge in [0, 0.05) is 53.8 Å². The predicted molar refractivity (Wildman–Crippen MR) is 124 cm³/mol. The number of ether oxygens (including phenoxy) is 1. The van der Waals surface area contributed by atoms with E-state index in [4.69, 9.17) is 9.72 Å². The highest BCUT2D eigenvalue weighted by Crippen LogP contribution is 2.34. The molecule has 2 aromatic heterocycles. The summed E-state index contributed by atoms with van der Waals surface area (Å²) in [6.07, 6.45) is 7.45. The van der Waals surface area contributed by atoms with Crippen molar-refractivity contribution in [2.24, 2.45) is 0 Å². The smallest absolute Gasteiger partial charge is 0.223 e. The molecule has 1 saturated heterocycles. The zero-order valence-electron chi connectivity index (χ0n) is 18.9. The fourth-order valence-electron chi connectivity index (χ4n) is 4.18.